The second-order valence-corrected chi connectivity index (χ2v) is 8.47. The van der Waals surface area contributed by atoms with Gasteiger partial charge in [-0.3, -0.25) is 9.80 Å². The Morgan fingerprint density at radius 2 is 1.70 bits per heavy atom. The van der Waals surface area contributed by atoms with Crippen LogP contribution in [-0.4, -0.2) is 61.3 Å². The number of halogens is 3. The quantitative estimate of drug-likeness (QED) is 0.671. The lowest BCUT2D eigenvalue weighted by Crippen LogP contribution is -2.52. The van der Waals surface area contributed by atoms with E-state index in [0.29, 0.717) is 12.6 Å². The standard InChI is InChI=1S/C23H27ClF2N2O2/c24-18-3-1-17(2-4-18)14-27-7-5-21(6-8-27)28-9-10-29-23(15-28)16-30-22-12-19(25)11-20(26)13-22/h1-4,11-13,21,23H,5-10,14-16H2. The highest BCUT2D eigenvalue weighted by atomic mass is 35.5. The molecule has 1 atom stereocenters. The first kappa shape index (κ1) is 21.5. The molecular formula is C23H27ClF2N2O2. The maximum absolute atomic E-state index is 13.3. The normalized spacial score (nSPS) is 21.6. The van der Waals surface area contributed by atoms with Crippen molar-refractivity contribution in [1.82, 2.24) is 9.80 Å². The van der Waals surface area contributed by atoms with Crippen LogP contribution >= 0.6 is 11.6 Å². The minimum Gasteiger partial charge on any atom is -0.491 e. The highest BCUT2D eigenvalue weighted by molar-refractivity contribution is 6.30. The van der Waals surface area contributed by atoms with E-state index in [2.05, 4.69) is 21.9 Å². The number of hydrogen-bond acceptors (Lipinski definition) is 4. The summed E-state index contributed by atoms with van der Waals surface area (Å²) >= 11 is 5.97. The van der Waals surface area contributed by atoms with Gasteiger partial charge in [0.25, 0.3) is 0 Å². The van der Waals surface area contributed by atoms with E-state index in [1.807, 2.05) is 12.1 Å². The van der Waals surface area contributed by atoms with Gasteiger partial charge in [0.1, 0.15) is 30.1 Å². The van der Waals surface area contributed by atoms with Crippen LogP contribution in [0.4, 0.5) is 8.78 Å². The minimum absolute atomic E-state index is 0.0998. The van der Waals surface area contributed by atoms with E-state index in [-0.39, 0.29) is 18.5 Å². The van der Waals surface area contributed by atoms with Crippen molar-refractivity contribution in [2.75, 3.05) is 39.4 Å². The Hall–Kier alpha value is -1.73. The summed E-state index contributed by atoms with van der Waals surface area (Å²) in [6, 6.07) is 11.8. The number of nitrogens with zero attached hydrogens (tertiary/aromatic N) is 2. The van der Waals surface area contributed by atoms with Crippen LogP contribution < -0.4 is 4.74 Å². The first-order valence-corrected chi connectivity index (χ1v) is 10.8. The maximum atomic E-state index is 13.3. The molecule has 7 heteroatoms. The van der Waals surface area contributed by atoms with Crippen LogP contribution in [0.25, 0.3) is 0 Å². The second kappa shape index (κ2) is 10.1. The van der Waals surface area contributed by atoms with Gasteiger partial charge in [-0.1, -0.05) is 23.7 Å². The van der Waals surface area contributed by atoms with Gasteiger partial charge in [-0.2, -0.15) is 0 Å². The van der Waals surface area contributed by atoms with Crippen LogP contribution in [0.1, 0.15) is 18.4 Å². The lowest BCUT2D eigenvalue weighted by Gasteiger charge is -2.42. The molecule has 2 aliphatic rings. The largest absolute Gasteiger partial charge is 0.491 e. The summed E-state index contributed by atoms with van der Waals surface area (Å²) in [6.45, 7) is 5.70. The Bertz CT molecular complexity index is 808. The van der Waals surface area contributed by atoms with Crippen LogP contribution in [0.3, 0.4) is 0 Å². The average Bonchev–Trinajstić information content (AvgIpc) is 2.74. The van der Waals surface area contributed by atoms with Crippen LogP contribution in [0, 0.1) is 11.6 Å². The van der Waals surface area contributed by atoms with Crippen molar-refractivity contribution in [3.8, 4) is 5.75 Å². The molecule has 2 fully saturated rings. The molecule has 1 unspecified atom stereocenters. The van der Waals surface area contributed by atoms with Crippen molar-refractivity contribution in [1.29, 1.82) is 0 Å². The molecule has 0 aromatic heterocycles. The lowest BCUT2D eigenvalue weighted by molar-refractivity contribution is -0.0675. The van der Waals surface area contributed by atoms with Gasteiger partial charge in [0.05, 0.1) is 6.61 Å². The van der Waals surface area contributed by atoms with Crippen molar-refractivity contribution < 1.29 is 18.3 Å². The van der Waals surface area contributed by atoms with E-state index in [1.54, 1.807) is 0 Å². The van der Waals surface area contributed by atoms with Crippen molar-refractivity contribution in [2.45, 2.75) is 31.5 Å². The Balaban J connectivity index is 1.23. The summed E-state index contributed by atoms with van der Waals surface area (Å²) in [5.74, 6) is -1.08. The van der Waals surface area contributed by atoms with E-state index in [0.717, 1.165) is 56.7 Å². The number of morpholine rings is 1. The summed E-state index contributed by atoms with van der Waals surface area (Å²) in [4.78, 5) is 4.96. The van der Waals surface area contributed by atoms with E-state index < -0.39 is 11.6 Å². The molecule has 162 valence electrons. The van der Waals surface area contributed by atoms with Gasteiger partial charge in [-0.05, 0) is 43.6 Å². The van der Waals surface area contributed by atoms with Gasteiger partial charge >= 0.3 is 0 Å². The van der Waals surface area contributed by atoms with Crippen molar-refractivity contribution in [3.05, 3.63) is 64.7 Å². The fourth-order valence-electron chi connectivity index (χ4n) is 4.27. The van der Waals surface area contributed by atoms with Gasteiger partial charge in [0.2, 0.25) is 0 Å². The third-order valence-electron chi connectivity index (χ3n) is 5.84. The number of piperidine rings is 1. The van der Waals surface area contributed by atoms with Gasteiger partial charge in [-0.15, -0.1) is 0 Å². The van der Waals surface area contributed by atoms with E-state index in [1.165, 1.54) is 17.7 Å². The Kier molecular flexibility index (Phi) is 7.20. The first-order valence-electron chi connectivity index (χ1n) is 10.5. The fourth-order valence-corrected chi connectivity index (χ4v) is 4.39. The number of likely N-dealkylation sites (tertiary alicyclic amines) is 1. The smallest absolute Gasteiger partial charge is 0.129 e. The number of rotatable bonds is 6. The monoisotopic (exact) mass is 436 g/mol. The number of ether oxygens (including phenoxy) is 2. The summed E-state index contributed by atoms with van der Waals surface area (Å²) in [6.07, 6.45) is 2.14. The first-order chi connectivity index (χ1) is 14.5. The summed E-state index contributed by atoms with van der Waals surface area (Å²) < 4.78 is 38.0. The van der Waals surface area contributed by atoms with Crippen LogP contribution in [0.5, 0.6) is 5.75 Å². The molecule has 30 heavy (non-hydrogen) atoms. The van der Waals surface area contributed by atoms with Crippen LogP contribution in [-0.2, 0) is 11.3 Å². The van der Waals surface area contributed by atoms with Crippen molar-refractivity contribution >= 4 is 11.6 Å². The second-order valence-electron chi connectivity index (χ2n) is 8.04. The minimum atomic E-state index is -0.637. The highest BCUT2D eigenvalue weighted by Gasteiger charge is 2.29. The molecule has 0 radical (unpaired) electrons. The van der Waals surface area contributed by atoms with Crippen LogP contribution in [0.2, 0.25) is 5.02 Å². The Morgan fingerprint density at radius 1 is 1.00 bits per heavy atom. The average molecular weight is 437 g/mol. The molecule has 2 aliphatic heterocycles. The predicted molar refractivity (Wildman–Crippen MR) is 113 cm³/mol. The number of benzene rings is 2. The molecule has 2 aromatic rings. The molecule has 2 aromatic carbocycles. The van der Waals surface area contributed by atoms with E-state index in [4.69, 9.17) is 21.1 Å². The fraction of sp³-hybridized carbons (Fsp3) is 0.478. The van der Waals surface area contributed by atoms with E-state index >= 15 is 0 Å². The Morgan fingerprint density at radius 3 is 2.40 bits per heavy atom. The molecular weight excluding hydrogens is 410 g/mol. The molecule has 0 N–H and O–H groups in total. The van der Waals surface area contributed by atoms with Crippen LogP contribution in [0.15, 0.2) is 42.5 Å². The topological polar surface area (TPSA) is 24.9 Å². The summed E-state index contributed by atoms with van der Waals surface area (Å²) in [7, 11) is 0. The third kappa shape index (κ3) is 5.91. The molecule has 2 saturated heterocycles. The zero-order chi connectivity index (χ0) is 20.9. The summed E-state index contributed by atoms with van der Waals surface area (Å²) in [5, 5.41) is 0.769. The molecule has 0 saturated carbocycles. The van der Waals surface area contributed by atoms with E-state index in [9.17, 15) is 8.78 Å². The molecule has 0 amide bonds. The number of hydrogen-bond donors (Lipinski definition) is 0. The molecule has 0 spiro atoms. The van der Waals surface area contributed by atoms with Crippen molar-refractivity contribution in [2.24, 2.45) is 0 Å². The Labute approximate surface area is 181 Å². The third-order valence-corrected chi connectivity index (χ3v) is 6.09. The van der Waals surface area contributed by atoms with Gasteiger partial charge in [-0.25, -0.2) is 8.78 Å². The zero-order valence-corrected chi connectivity index (χ0v) is 17.7. The lowest BCUT2D eigenvalue weighted by atomic mass is 10.0. The molecule has 4 rings (SSSR count). The predicted octanol–water partition coefficient (Wildman–Crippen LogP) is 4.36. The SMILES string of the molecule is Fc1cc(F)cc(OCC2CN(C3CCN(Cc4ccc(Cl)cc4)CC3)CCO2)c1. The summed E-state index contributed by atoms with van der Waals surface area (Å²) in [5.41, 5.74) is 1.29. The zero-order valence-electron chi connectivity index (χ0n) is 16.9. The highest BCUT2D eigenvalue weighted by Crippen LogP contribution is 2.22. The van der Waals surface area contributed by atoms with Gasteiger partial charge < -0.3 is 9.47 Å². The maximum Gasteiger partial charge on any atom is 0.129 e. The van der Waals surface area contributed by atoms with Gasteiger partial charge in [0.15, 0.2) is 0 Å². The molecule has 4 nitrogen and oxygen atoms in total. The van der Waals surface area contributed by atoms with Crippen molar-refractivity contribution in [3.63, 3.8) is 0 Å². The molecule has 0 aliphatic carbocycles. The van der Waals surface area contributed by atoms with Gasteiger partial charge in [0, 0.05) is 48.9 Å². The molecule has 0 bridgehead atoms. The molecule has 2 heterocycles.